The molecule has 0 aliphatic rings. The van der Waals surface area contributed by atoms with Gasteiger partial charge in [-0.15, -0.1) is 0 Å². The van der Waals surface area contributed by atoms with Crippen molar-refractivity contribution >= 4 is 56.5 Å². The predicted molar refractivity (Wildman–Crippen MR) is 102 cm³/mol. The van der Waals surface area contributed by atoms with E-state index in [9.17, 15) is 4.79 Å². The number of anilines is 1. The first kappa shape index (κ1) is 18.5. The molecule has 0 aromatic heterocycles. The fraction of sp³-hybridized carbons (Fsp3) is 0.125. The molecule has 1 amide bonds. The molecular formula is C16H14BrClN2O3S. The molecule has 0 heterocycles. The van der Waals surface area contributed by atoms with Crippen molar-refractivity contribution < 1.29 is 14.3 Å². The molecule has 0 saturated heterocycles. The summed E-state index contributed by atoms with van der Waals surface area (Å²) in [7, 11) is 2.95. The maximum Gasteiger partial charge on any atom is 0.264 e. The van der Waals surface area contributed by atoms with E-state index in [1.165, 1.54) is 14.2 Å². The van der Waals surface area contributed by atoms with Crippen LogP contribution in [0.3, 0.4) is 0 Å². The van der Waals surface area contributed by atoms with Gasteiger partial charge in [-0.05, 0) is 42.5 Å². The highest BCUT2D eigenvalue weighted by Crippen LogP contribution is 2.28. The van der Waals surface area contributed by atoms with Crippen LogP contribution in [-0.4, -0.2) is 25.2 Å². The second kappa shape index (κ2) is 8.32. The van der Waals surface area contributed by atoms with Crippen molar-refractivity contribution in [1.29, 1.82) is 0 Å². The molecule has 8 heteroatoms. The summed E-state index contributed by atoms with van der Waals surface area (Å²) in [6.45, 7) is 0. The summed E-state index contributed by atoms with van der Waals surface area (Å²) in [5.74, 6) is 0.322. The van der Waals surface area contributed by atoms with Crippen molar-refractivity contribution in [2.75, 3.05) is 19.5 Å². The van der Waals surface area contributed by atoms with Gasteiger partial charge in [0.25, 0.3) is 5.91 Å². The molecule has 0 aliphatic heterocycles. The molecule has 0 radical (unpaired) electrons. The Hall–Kier alpha value is -1.83. The number of thiocarbonyl (C=S) groups is 1. The molecule has 126 valence electrons. The van der Waals surface area contributed by atoms with Gasteiger partial charge in [0.1, 0.15) is 17.1 Å². The van der Waals surface area contributed by atoms with Crippen molar-refractivity contribution in [3.05, 3.63) is 51.5 Å². The highest BCUT2D eigenvalue weighted by Gasteiger charge is 2.19. The molecule has 0 fully saturated rings. The summed E-state index contributed by atoms with van der Waals surface area (Å²) in [6, 6.07) is 10.3. The van der Waals surface area contributed by atoms with Crippen molar-refractivity contribution in [1.82, 2.24) is 5.32 Å². The molecule has 0 saturated carbocycles. The lowest BCUT2D eigenvalue weighted by molar-refractivity contribution is 0.0971. The topological polar surface area (TPSA) is 59.6 Å². The van der Waals surface area contributed by atoms with Crippen LogP contribution in [0.4, 0.5) is 5.69 Å². The molecule has 2 rings (SSSR count). The Kier molecular flexibility index (Phi) is 6.42. The van der Waals surface area contributed by atoms with Gasteiger partial charge in [0.05, 0.1) is 24.9 Å². The van der Waals surface area contributed by atoms with E-state index in [1.807, 2.05) is 6.07 Å². The maximum absolute atomic E-state index is 12.5. The Bertz CT molecular complexity index is 764. The van der Waals surface area contributed by atoms with Crippen LogP contribution < -0.4 is 20.1 Å². The molecule has 0 aliphatic carbocycles. The Morgan fingerprint density at radius 1 is 1.17 bits per heavy atom. The maximum atomic E-state index is 12.5. The zero-order chi connectivity index (χ0) is 17.7. The molecule has 0 spiro atoms. The van der Waals surface area contributed by atoms with Gasteiger partial charge in [-0.3, -0.25) is 10.1 Å². The van der Waals surface area contributed by atoms with Crippen LogP contribution in [0.15, 0.2) is 40.9 Å². The van der Waals surface area contributed by atoms with E-state index in [0.29, 0.717) is 22.2 Å². The van der Waals surface area contributed by atoms with Crippen molar-refractivity contribution in [3.8, 4) is 11.5 Å². The number of nitrogens with one attached hydrogen (secondary N) is 2. The summed E-state index contributed by atoms with van der Waals surface area (Å²) in [5.41, 5.74) is 0.839. The van der Waals surface area contributed by atoms with Crippen molar-refractivity contribution in [3.63, 3.8) is 0 Å². The molecule has 0 unspecified atom stereocenters. The highest BCUT2D eigenvalue weighted by atomic mass is 79.9. The van der Waals surface area contributed by atoms with Crippen LogP contribution in [0, 0.1) is 0 Å². The van der Waals surface area contributed by atoms with Crippen LogP contribution >= 0.6 is 39.7 Å². The highest BCUT2D eigenvalue weighted by molar-refractivity contribution is 9.10. The SMILES string of the molecule is COc1cccc(OC)c1C(=O)NC(=S)Nc1ccc(Br)cc1Cl. The third-order valence-electron chi connectivity index (χ3n) is 3.06. The molecule has 0 bridgehead atoms. The van der Waals surface area contributed by atoms with E-state index in [1.54, 1.807) is 30.3 Å². The van der Waals surface area contributed by atoms with E-state index in [0.717, 1.165) is 4.47 Å². The van der Waals surface area contributed by atoms with Gasteiger partial charge in [0.2, 0.25) is 0 Å². The lowest BCUT2D eigenvalue weighted by Crippen LogP contribution is -2.34. The van der Waals surface area contributed by atoms with Gasteiger partial charge in [-0.25, -0.2) is 0 Å². The summed E-state index contributed by atoms with van der Waals surface area (Å²) >= 11 is 14.6. The normalized spacial score (nSPS) is 10.0. The number of carbonyl (C=O) groups excluding carboxylic acids is 1. The Balaban J connectivity index is 2.16. The smallest absolute Gasteiger partial charge is 0.264 e. The first-order valence-electron chi connectivity index (χ1n) is 6.74. The minimum Gasteiger partial charge on any atom is -0.496 e. The van der Waals surface area contributed by atoms with E-state index in [2.05, 4.69) is 26.6 Å². The molecule has 2 aromatic carbocycles. The number of hydrogen-bond acceptors (Lipinski definition) is 4. The largest absolute Gasteiger partial charge is 0.496 e. The first-order valence-corrected chi connectivity index (χ1v) is 8.32. The molecule has 24 heavy (non-hydrogen) atoms. The van der Waals surface area contributed by atoms with Crippen LogP contribution in [0.25, 0.3) is 0 Å². The van der Waals surface area contributed by atoms with E-state index in [-0.39, 0.29) is 10.7 Å². The van der Waals surface area contributed by atoms with Crippen LogP contribution in [0.1, 0.15) is 10.4 Å². The van der Waals surface area contributed by atoms with Gasteiger partial charge in [0, 0.05) is 4.47 Å². The average molecular weight is 430 g/mol. The summed E-state index contributed by atoms with van der Waals surface area (Å²) in [5, 5.41) is 6.04. The minimum atomic E-state index is -0.449. The summed E-state index contributed by atoms with van der Waals surface area (Å²) < 4.78 is 11.3. The first-order chi connectivity index (χ1) is 11.5. The van der Waals surface area contributed by atoms with Gasteiger partial charge in [-0.2, -0.15) is 0 Å². The summed E-state index contributed by atoms with van der Waals surface area (Å²) in [4.78, 5) is 12.5. The second-order valence-corrected chi connectivity index (χ2v) is 6.30. The third-order valence-corrected chi connectivity index (χ3v) is 4.07. The third kappa shape index (κ3) is 4.37. The fourth-order valence-corrected chi connectivity index (χ4v) is 2.91. The van der Waals surface area contributed by atoms with E-state index < -0.39 is 5.91 Å². The lowest BCUT2D eigenvalue weighted by atomic mass is 10.1. The number of ether oxygens (including phenoxy) is 2. The fourth-order valence-electron chi connectivity index (χ4n) is 1.99. The minimum absolute atomic E-state index is 0.109. The van der Waals surface area contributed by atoms with Crippen molar-refractivity contribution in [2.24, 2.45) is 0 Å². The Morgan fingerprint density at radius 3 is 2.33 bits per heavy atom. The monoisotopic (exact) mass is 428 g/mol. The molecule has 5 nitrogen and oxygen atoms in total. The van der Waals surface area contributed by atoms with Crippen LogP contribution in [-0.2, 0) is 0 Å². The number of benzene rings is 2. The van der Waals surface area contributed by atoms with Gasteiger partial charge >= 0.3 is 0 Å². The van der Waals surface area contributed by atoms with Crippen LogP contribution in [0.2, 0.25) is 5.02 Å². The lowest BCUT2D eigenvalue weighted by Gasteiger charge is -2.14. The van der Waals surface area contributed by atoms with E-state index in [4.69, 9.17) is 33.3 Å². The van der Waals surface area contributed by atoms with E-state index >= 15 is 0 Å². The predicted octanol–water partition coefficient (Wildman–Crippen LogP) is 4.25. The Labute approximate surface area is 158 Å². The van der Waals surface area contributed by atoms with Gasteiger partial charge in [-0.1, -0.05) is 33.6 Å². The molecule has 2 N–H and O–H groups in total. The van der Waals surface area contributed by atoms with Gasteiger partial charge in [0.15, 0.2) is 5.11 Å². The number of methoxy groups -OCH3 is 2. The average Bonchev–Trinajstić information content (AvgIpc) is 2.56. The number of halogens is 2. The summed E-state index contributed by atoms with van der Waals surface area (Å²) in [6.07, 6.45) is 0. The number of hydrogen-bond donors (Lipinski definition) is 2. The number of carbonyl (C=O) groups is 1. The molecule has 2 aromatic rings. The second-order valence-electron chi connectivity index (χ2n) is 4.57. The Morgan fingerprint density at radius 2 is 1.79 bits per heavy atom. The van der Waals surface area contributed by atoms with Crippen molar-refractivity contribution in [2.45, 2.75) is 0 Å². The quantitative estimate of drug-likeness (QED) is 0.712. The van der Waals surface area contributed by atoms with Crippen LogP contribution in [0.5, 0.6) is 11.5 Å². The van der Waals surface area contributed by atoms with Gasteiger partial charge < -0.3 is 14.8 Å². The zero-order valence-corrected chi connectivity index (χ0v) is 16.0. The number of rotatable bonds is 4. The standard InChI is InChI=1S/C16H14BrClN2O3S/c1-22-12-4-3-5-13(23-2)14(12)15(21)20-16(24)19-11-7-6-9(17)8-10(11)18/h3-8H,1-2H3,(H2,19,20,21,24). The molecule has 0 atom stereocenters. The zero-order valence-electron chi connectivity index (χ0n) is 12.9. The molecular weight excluding hydrogens is 416 g/mol. The number of amides is 1.